The van der Waals surface area contributed by atoms with Crippen LogP contribution in [0.2, 0.25) is 0 Å². The minimum absolute atomic E-state index is 0.00829. The molecular weight excluding hydrogens is 767 g/mol. The van der Waals surface area contributed by atoms with Crippen molar-refractivity contribution in [1.29, 1.82) is 0 Å². The fourth-order valence-corrected chi connectivity index (χ4v) is 8.75. The second-order valence-electron chi connectivity index (χ2n) is 19.3. The molecule has 0 radical (unpaired) electrons. The van der Waals surface area contributed by atoms with E-state index in [1.54, 1.807) is 6.08 Å². The van der Waals surface area contributed by atoms with Crippen LogP contribution in [0.4, 0.5) is 0 Å². The number of carbonyl (C=O) groups excluding carboxylic acids is 2. The molecular formula is C56H109NO5. The van der Waals surface area contributed by atoms with Gasteiger partial charge in [0.1, 0.15) is 0 Å². The Morgan fingerprint density at radius 2 is 0.742 bits per heavy atom. The van der Waals surface area contributed by atoms with Crippen molar-refractivity contribution in [3.05, 3.63) is 12.2 Å². The highest BCUT2D eigenvalue weighted by atomic mass is 16.5. The molecule has 0 aliphatic carbocycles. The number of unbranched alkanes of at least 4 members (excludes halogenated alkanes) is 41. The first-order valence-electron chi connectivity index (χ1n) is 28.0. The van der Waals surface area contributed by atoms with Gasteiger partial charge in [-0.3, -0.25) is 9.59 Å². The van der Waals surface area contributed by atoms with E-state index in [1.165, 1.54) is 244 Å². The van der Waals surface area contributed by atoms with Gasteiger partial charge in [0.15, 0.2) is 0 Å². The summed E-state index contributed by atoms with van der Waals surface area (Å²) < 4.78 is 5.47. The fraction of sp³-hybridized carbons (Fsp3) is 0.929. The average molecular weight is 876 g/mol. The van der Waals surface area contributed by atoms with Gasteiger partial charge in [-0.25, -0.2) is 0 Å². The smallest absolute Gasteiger partial charge is 0.305 e. The Bertz CT molecular complexity index is 924. The summed E-state index contributed by atoms with van der Waals surface area (Å²) in [5.74, 6) is -0.0624. The van der Waals surface area contributed by atoms with Gasteiger partial charge < -0.3 is 20.3 Å². The normalized spacial score (nSPS) is 12.6. The quantitative estimate of drug-likeness (QED) is 0.0321. The molecule has 0 rings (SSSR count). The highest BCUT2D eigenvalue weighted by Gasteiger charge is 2.18. The number of ether oxygens (including phenoxy) is 1. The topological polar surface area (TPSA) is 95.9 Å². The van der Waals surface area contributed by atoms with Crippen molar-refractivity contribution >= 4 is 11.9 Å². The van der Waals surface area contributed by atoms with Crippen LogP contribution in [0.1, 0.15) is 309 Å². The van der Waals surface area contributed by atoms with E-state index in [4.69, 9.17) is 4.74 Å². The Kier molecular flexibility index (Phi) is 51.0. The number of allylic oxidation sites excluding steroid dienone is 1. The molecule has 368 valence electrons. The number of hydrogen-bond acceptors (Lipinski definition) is 5. The van der Waals surface area contributed by atoms with Crippen molar-refractivity contribution in [3.8, 4) is 0 Å². The zero-order valence-electron chi connectivity index (χ0n) is 41.9. The Labute approximate surface area is 387 Å². The van der Waals surface area contributed by atoms with Gasteiger partial charge in [0.05, 0.1) is 25.4 Å². The van der Waals surface area contributed by atoms with Crippen molar-refractivity contribution in [3.63, 3.8) is 0 Å². The zero-order valence-corrected chi connectivity index (χ0v) is 41.9. The molecule has 6 heteroatoms. The number of aliphatic hydroxyl groups excluding tert-OH is 2. The van der Waals surface area contributed by atoms with Crippen LogP contribution in [-0.4, -0.2) is 47.4 Å². The summed E-state index contributed by atoms with van der Waals surface area (Å²) in [6, 6.07) is -0.629. The van der Waals surface area contributed by atoms with Gasteiger partial charge >= 0.3 is 5.97 Å². The van der Waals surface area contributed by atoms with Crippen LogP contribution < -0.4 is 5.32 Å². The minimum Gasteiger partial charge on any atom is -0.466 e. The highest BCUT2D eigenvalue weighted by molar-refractivity contribution is 5.76. The zero-order chi connectivity index (χ0) is 45.1. The lowest BCUT2D eigenvalue weighted by molar-refractivity contribution is -0.143. The third kappa shape index (κ3) is 48.1. The lowest BCUT2D eigenvalue weighted by Crippen LogP contribution is -2.45. The molecule has 0 fully saturated rings. The number of amides is 1. The van der Waals surface area contributed by atoms with E-state index in [1.807, 2.05) is 6.08 Å². The van der Waals surface area contributed by atoms with Crippen molar-refractivity contribution in [2.24, 2.45) is 0 Å². The Morgan fingerprint density at radius 3 is 1.10 bits per heavy atom. The van der Waals surface area contributed by atoms with Crippen LogP contribution in [-0.2, 0) is 14.3 Å². The van der Waals surface area contributed by atoms with Crippen LogP contribution in [0.5, 0.6) is 0 Å². The van der Waals surface area contributed by atoms with E-state index in [-0.39, 0.29) is 18.5 Å². The molecule has 1 amide bonds. The maximum Gasteiger partial charge on any atom is 0.305 e. The molecule has 0 saturated heterocycles. The van der Waals surface area contributed by atoms with E-state index in [0.29, 0.717) is 19.4 Å². The van der Waals surface area contributed by atoms with Gasteiger partial charge in [0.25, 0.3) is 0 Å². The summed E-state index contributed by atoms with van der Waals surface area (Å²) in [5, 5.41) is 23.1. The van der Waals surface area contributed by atoms with Crippen LogP contribution in [0.25, 0.3) is 0 Å². The molecule has 62 heavy (non-hydrogen) atoms. The molecule has 2 atom stereocenters. The Morgan fingerprint density at radius 1 is 0.435 bits per heavy atom. The van der Waals surface area contributed by atoms with Crippen LogP contribution >= 0.6 is 0 Å². The maximum absolute atomic E-state index is 12.4. The van der Waals surface area contributed by atoms with E-state index in [9.17, 15) is 19.8 Å². The molecule has 0 spiro atoms. The van der Waals surface area contributed by atoms with Crippen molar-refractivity contribution < 1.29 is 24.5 Å². The molecule has 0 heterocycles. The van der Waals surface area contributed by atoms with Crippen molar-refractivity contribution in [2.75, 3.05) is 13.2 Å². The van der Waals surface area contributed by atoms with Gasteiger partial charge in [-0.2, -0.15) is 0 Å². The summed E-state index contributed by atoms with van der Waals surface area (Å²) in [6.07, 6.45) is 60.8. The number of hydrogen-bond donors (Lipinski definition) is 3. The summed E-state index contributed by atoms with van der Waals surface area (Å²) >= 11 is 0. The van der Waals surface area contributed by atoms with E-state index in [0.717, 1.165) is 38.5 Å². The van der Waals surface area contributed by atoms with Gasteiger partial charge in [0, 0.05) is 12.8 Å². The molecule has 0 aliphatic heterocycles. The molecule has 6 nitrogen and oxygen atoms in total. The second kappa shape index (κ2) is 52.2. The Hall–Kier alpha value is -1.40. The Balaban J connectivity index is 3.42. The lowest BCUT2D eigenvalue weighted by atomic mass is 10.0. The largest absolute Gasteiger partial charge is 0.466 e. The molecule has 0 saturated carbocycles. The van der Waals surface area contributed by atoms with Crippen molar-refractivity contribution in [1.82, 2.24) is 5.32 Å². The summed E-state index contributed by atoms with van der Waals surface area (Å²) in [5.41, 5.74) is 0. The highest BCUT2D eigenvalue weighted by Crippen LogP contribution is 2.17. The number of aliphatic hydroxyl groups is 2. The van der Waals surface area contributed by atoms with Gasteiger partial charge in [0.2, 0.25) is 5.91 Å². The van der Waals surface area contributed by atoms with Crippen molar-refractivity contribution in [2.45, 2.75) is 321 Å². The third-order valence-electron chi connectivity index (χ3n) is 13.1. The van der Waals surface area contributed by atoms with Gasteiger partial charge in [-0.15, -0.1) is 0 Å². The van der Waals surface area contributed by atoms with E-state index < -0.39 is 12.1 Å². The average Bonchev–Trinajstić information content (AvgIpc) is 3.27. The number of carbonyl (C=O) groups is 2. The SMILES string of the molecule is CCCCCCCCCCCCCC/C=C/C(O)C(CO)NC(=O)CCCCCCCCCCCCCCCCCCCCOC(=O)CCCCCCCCCCCCCCC. The van der Waals surface area contributed by atoms with E-state index in [2.05, 4.69) is 19.2 Å². The van der Waals surface area contributed by atoms with Crippen LogP contribution in [0.3, 0.4) is 0 Å². The molecule has 0 aromatic carbocycles. The number of rotatable bonds is 52. The monoisotopic (exact) mass is 876 g/mol. The first kappa shape index (κ1) is 60.6. The second-order valence-corrected chi connectivity index (χ2v) is 19.3. The molecule has 0 aromatic heterocycles. The number of esters is 1. The minimum atomic E-state index is -0.845. The van der Waals surface area contributed by atoms with Crippen LogP contribution in [0, 0.1) is 0 Å². The first-order valence-corrected chi connectivity index (χ1v) is 28.0. The molecule has 0 bridgehead atoms. The predicted molar refractivity (Wildman–Crippen MR) is 269 cm³/mol. The molecule has 2 unspecified atom stereocenters. The number of nitrogens with one attached hydrogen (secondary N) is 1. The van der Waals surface area contributed by atoms with Crippen LogP contribution in [0.15, 0.2) is 12.2 Å². The third-order valence-corrected chi connectivity index (χ3v) is 13.1. The van der Waals surface area contributed by atoms with Gasteiger partial charge in [-0.1, -0.05) is 276 Å². The molecule has 0 aromatic rings. The predicted octanol–water partition coefficient (Wildman–Crippen LogP) is 16.9. The lowest BCUT2D eigenvalue weighted by Gasteiger charge is -2.20. The summed E-state index contributed by atoms with van der Waals surface area (Å²) in [7, 11) is 0. The summed E-state index contributed by atoms with van der Waals surface area (Å²) in [4.78, 5) is 24.5. The maximum atomic E-state index is 12.4. The molecule has 3 N–H and O–H groups in total. The van der Waals surface area contributed by atoms with E-state index >= 15 is 0 Å². The standard InChI is InChI=1S/C56H109NO5/c1-3-5-7-9-11-13-15-17-25-28-32-36-40-44-48-54(59)53(52-58)57-55(60)49-45-41-37-33-29-26-22-20-18-19-21-23-27-31-35-39-43-47-51-62-56(61)50-46-42-38-34-30-24-16-14-12-10-8-6-4-2/h44,48,53-54,58-59H,3-43,45-47,49-52H2,1-2H3,(H,57,60)/b48-44+. The summed E-state index contributed by atoms with van der Waals surface area (Å²) in [6.45, 7) is 4.91. The van der Waals surface area contributed by atoms with Gasteiger partial charge in [-0.05, 0) is 32.1 Å². The first-order chi connectivity index (χ1) is 30.5. The molecule has 0 aliphatic rings. The fourth-order valence-electron chi connectivity index (χ4n) is 8.75.